The summed E-state index contributed by atoms with van der Waals surface area (Å²) in [7, 11) is 0. The molecular weight excluding hydrogens is 538 g/mol. The third-order valence-electron chi connectivity index (χ3n) is 9.80. The van der Waals surface area contributed by atoms with Gasteiger partial charge in [-0.3, -0.25) is 9.59 Å². The Morgan fingerprint density at radius 2 is 1.93 bits per heavy atom. The number of carbonyl (C=O) groups is 3. The van der Waals surface area contributed by atoms with E-state index in [4.69, 9.17) is 15.9 Å². The number of carboxylic acids is 1. The number of allylic oxidation sites excluding steroid dienone is 4. The number of nitrogens with two attached hydrogens (primary N) is 1. The molecule has 0 bridgehead atoms. The van der Waals surface area contributed by atoms with E-state index in [0.29, 0.717) is 18.5 Å². The number of nitrogens with one attached hydrogen (secondary N) is 1. The molecular formula is C30H38F2N2O7. The highest BCUT2D eigenvalue weighted by Gasteiger charge is 2.72. The second-order valence-electron chi connectivity index (χ2n) is 12.1. The van der Waals surface area contributed by atoms with Gasteiger partial charge in [-0.2, -0.15) is 0 Å². The Hall–Kier alpha value is -3.15. The monoisotopic (exact) mass is 576 g/mol. The normalized spacial score (nSPS) is 37.9. The fourth-order valence-electron chi connectivity index (χ4n) is 7.71. The van der Waals surface area contributed by atoms with Gasteiger partial charge in [-0.1, -0.05) is 19.1 Å². The molecule has 5 rings (SSSR count). The first-order valence-corrected chi connectivity index (χ1v) is 13.8. The van der Waals surface area contributed by atoms with Crippen LogP contribution in [0.15, 0.2) is 48.1 Å². The van der Waals surface area contributed by atoms with E-state index in [-0.39, 0.29) is 48.1 Å². The molecule has 9 nitrogen and oxygen atoms in total. The second-order valence-corrected chi connectivity index (χ2v) is 12.1. The van der Waals surface area contributed by atoms with E-state index in [9.17, 15) is 24.6 Å². The fourth-order valence-corrected chi connectivity index (χ4v) is 7.71. The highest BCUT2D eigenvalue weighted by atomic mass is 19.1. The van der Waals surface area contributed by atoms with Crippen molar-refractivity contribution in [1.29, 1.82) is 0 Å². The molecule has 1 amide bonds. The summed E-state index contributed by atoms with van der Waals surface area (Å²) in [5.74, 6) is -3.24. The van der Waals surface area contributed by atoms with Crippen LogP contribution in [0.25, 0.3) is 0 Å². The number of carbonyl (C=O) groups excluding carboxylic acids is 2. The molecule has 4 aliphatic rings. The Bertz CT molecular complexity index is 1270. The van der Waals surface area contributed by atoms with E-state index in [1.165, 1.54) is 30.4 Å². The van der Waals surface area contributed by atoms with Crippen LogP contribution in [-0.2, 0) is 9.59 Å². The van der Waals surface area contributed by atoms with Gasteiger partial charge in [-0.05, 0) is 79.9 Å². The molecule has 7 N–H and O–H groups in total. The number of amides is 1. The number of carboxylic acid groups (broad SMARTS) is 1. The zero-order chi connectivity index (χ0) is 30.3. The number of nitrogen functional groups attached to an aromatic ring is 1. The maximum Gasteiger partial charge on any atom is 0.335 e. The molecule has 9 atom stereocenters. The van der Waals surface area contributed by atoms with E-state index in [0.717, 1.165) is 0 Å². The van der Waals surface area contributed by atoms with Crippen molar-refractivity contribution in [2.75, 3.05) is 18.9 Å². The van der Waals surface area contributed by atoms with Gasteiger partial charge in [0, 0.05) is 29.5 Å². The zero-order valence-corrected chi connectivity index (χ0v) is 23.1. The van der Waals surface area contributed by atoms with Crippen LogP contribution in [-0.4, -0.2) is 75.3 Å². The summed E-state index contributed by atoms with van der Waals surface area (Å²) in [6.45, 7) is 2.85. The Labute approximate surface area is 237 Å². The van der Waals surface area contributed by atoms with Gasteiger partial charge in [-0.25, -0.2) is 13.6 Å². The predicted octanol–water partition coefficient (Wildman–Crippen LogP) is 2.36. The second kappa shape index (κ2) is 11.3. The summed E-state index contributed by atoms with van der Waals surface area (Å²) in [4.78, 5) is 35.0. The van der Waals surface area contributed by atoms with E-state index in [2.05, 4.69) is 5.32 Å². The molecule has 224 valence electrons. The van der Waals surface area contributed by atoms with Gasteiger partial charge in [0.2, 0.25) is 5.91 Å². The van der Waals surface area contributed by atoms with Gasteiger partial charge in [-0.15, -0.1) is 0 Å². The first kappa shape index (κ1) is 30.8. The fraction of sp³-hybridized carbons (Fsp3) is 0.567. The van der Waals surface area contributed by atoms with Crippen LogP contribution in [0, 0.1) is 28.6 Å². The molecule has 0 radical (unpaired) electrons. The van der Waals surface area contributed by atoms with Crippen molar-refractivity contribution in [2.24, 2.45) is 28.6 Å². The minimum absolute atomic E-state index is 0.0485. The topological polar surface area (TPSA) is 170 Å². The number of aliphatic hydroxyl groups excluding tert-OH is 3. The van der Waals surface area contributed by atoms with Crippen molar-refractivity contribution in [1.82, 2.24) is 5.32 Å². The number of ketones is 1. The lowest BCUT2D eigenvalue weighted by molar-refractivity contribution is -0.202. The molecule has 0 aliphatic heterocycles. The quantitative estimate of drug-likeness (QED) is 0.290. The molecule has 7 unspecified atom stereocenters. The van der Waals surface area contributed by atoms with Crippen molar-refractivity contribution < 1.29 is 43.6 Å². The highest BCUT2D eigenvalue weighted by molar-refractivity contribution is 6.01. The number of hydrogen-bond donors (Lipinski definition) is 6. The largest absolute Gasteiger partial charge is 0.478 e. The Kier molecular flexibility index (Phi) is 8.46. The van der Waals surface area contributed by atoms with E-state index in [1.807, 2.05) is 6.92 Å². The van der Waals surface area contributed by atoms with Crippen LogP contribution in [0.1, 0.15) is 49.9 Å². The molecule has 4 aliphatic carbocycles. The number of halogens is 2. The Balaban J connectivity index is 0.000000328. The average molecular weight is 577 g/mol. The molecule has 11 heteroatoms. The van der Waals surface area contributed by atoms with Gasteiger partial charge in [0.05, 0.1) is 24.4 Å². The first-order chi connectivity index (χ1) is 19.2. The third kappa shape index (κ3) is 5.19. The molecule has 0 spiro atoms. The Morgan fingerprint density at radius 3 is 2.54 bits per heavy atom. The van der Waals surface area contributed by atoms with Crippen molar-refractivity contribution in [2.45, 2.75) is 63.6 Å². The lowest BCUT2D eigenvalue weighted by atomic mass is 9.45. The lowest BCUT2D eigenvalue weighted by Gasteiger charge is -2.62. The maximum atomic E-state index is 16.9. The first-order valence-electron chi connectivity index (χ1n) is 13.8. The third-order valence-corrected chi connectivity index (χ3v) is 9.80. The molecule has 1 aromatic carbocycles. The summed E-state index contributed by atoms with van der Waals surface area (Å²) >= 11 is 0. The highest BCUT2D eigenvalue weighted by Crippen LogP contribution is 2.69. The molecule has 3 fully saturated rings. The van der Waals surface area contributed by atoms with E-state index >= 15 is 8.78 Å². The van der Waals surface area contributed by atoms with E-state index < -0.39 is 59.3 Å². The van der Waals surface area contributed by atoms with Crippen LogP contribution in [0.5, 0.6) is 0 Å². The maximum absolute atomic E-state index is 16.9. The van der Waals surface area contributed by atoms with Crippen LogP contribution in [0.4, 0.5) is 14.5 Å². The van der Waals surface area contributed by atoms with Crippen LogP contribution < -0.4 is 11.1 Å². The molecule has 0 saturated heterocycles. The number of anilines is 1. The van der Waals surface area contributed by atoms with Crippen molar-refractivity contribution in [3.8, 4) is 0 Å². The van der Waals surface area contributed by atoms with Crippen molar-refractivity contribution >= 4 is 23.3 Å². The van der Waals surface area contributed by atoms with Gasteiger partial charge in [0.15, 0.2) is 11.5 Å². The number of aromatic carboxylic acids is 1. The van der Waals surface area contributed by atoms with Crippen LogP contribution in [0.2, 0.25) is 0 Å². The predicted molar refractivity (Wildman–Crippen MR) is 146 cm³/mol. The number of alkyl halides is 2. The van der Waals surface area contributed by atoms with Gasteiger partial charge in [0.25, 0.3) is 0 Å². The minimum atomic E-state index is -2.14. The molecule has 3 saturated carbocycles. The van der Waals surface area contributed by atoms with Gasteiger partial charge >= 0.3 is 5.97 Å². The summed E-state index contributed by atoms with van der Waals surface area (Å²) in [5.41, 5.74) is 1.84. The van der Waals surface area contributed by atoms with Crippen LogP contribution in [0.3, 0.4) is 0 Å². The van der Waals surface area contributed by atoms with Crippen LogP contribution >= 0.6 is 0 Å². The number of rotatable bonds is 5. The molecule has 0 aromatic heterocycles. The van der Waals surface area contributed by atoms with E-state index in [1.54, 1.807) is 19.1 Å². The van der Waals surface area contributed by atoms with Crippen molar-refractivity contribution in [3.05, 3.63) is 53.6 Å². The lowest BCUT2D eigenvalue weighted by Crippen LogP contribution is -2.68. The summed E-state index contributed by atoms with van der Waals surface area (Å²) in [6.07, 6.45) is 0.769. The Morgan fingerprint density at radius 1 is 1.22 bits per heavy atom. The smallest absolute Gasteiger partial charge is 0.335 e. The number of benzene rings is 1. The summed E-state index contributed by atoms with van der Waals surface area (Å²) in [5, 5.41) is 40.7. The summed E-state index contributed by atoms with van der Waals surface area (Å²) < 4.78 is 32.1. The standard InChI is InChI=1S/C23H31F2NO5.C7H7NO2/c1-21-9-19(30)23(25)16(8-18(24)17-7-12(28)5-6-22(17,23)2)14(21)3-4-15(21)20(31)26-10-13(29)11-27;8-6-3-1-2-5(4-6)7(9)10/h5-7,13-16,18-19,27,29-30H,3-4,8-11H2,1-2H3,(H,26,31);1-4H,8H2,(H,9,10)/t13?,14?,15?,16?,18-,19?,21?,22?,23-;/m0./s1. The number of aliphatic hydroxyl groups is 3. The molecule has 1 aromatic rings. The number of hydrogen-bond acceptors (Lipinski definition) is 7. The minimum Gasteiger partial charge on any atom is -0.478 e. The van der Waals surface area contributed by atoms with Gasteiger partial charge in [0.1, 0.15) is 6.17 Å². The SMILES string of the molecule is CC12CC(O)[C@@]3(F)C(C[C@H](F)C4=CC(=O)C=CC43C)C1CCC2C(=O)NCC(O)CO.Nc1cccc(C(=O)O)c1. The molecule has 0 heterocycles. The molecule has 41 heavy (non-hydrogen) atoms. The summed E-state index contributed by atoms with van der Waals surface area (Å²) in [6, 6.07) is 6.17. The van der Waals surface area contributed by atoms with Gasteiger partial charge < -0.3 is 31.5 Å². The number of fused-ring (bicyclic) bond motifs is 5. The van der Waals surface area contributed by atoms with Crippen molar-refractivity contribution in [3.63, 3.8) is 0 Å². The average Bonchev–Trinajstić information content (AvgIpc) is 3.26. The zero-order valence-electron chi connectivity index (χ0n) is 23.1.